The van der Waals surface area contributed by atoms with Crippen LogP contribution in [-0.2, 0) is 21.2 Å². The predicted molar refractivity (Wildman–Crippen MR) is 134 cm³/mol. The second kappa shape index (κ2) is 12.2. The van der Waals surface area contributed by atoms with E-state index in [4.69, 9.17) is 4.74 Å². The molecule has 0 bridgehead atoms. The summed E-state index contributed by atoms with van der Waals surface area (Å²) in [6.07, 6.45) is 4.99. The van der Waals surface area contributed by atoms with Crippen molar-refractivity contribution in [2.24, 2.45) is 10.2 Å². The number of carbonyl (C=O) groups is 1. The number of unbranched alkanes of at least 4 members (excludes halogenated alkanes) is 2. The first kappa shape index (κ1) is 28.8. The lowest BCUT2D eigenvalue weighted by molar-refractivity contribution is -0.0429. The minimum absolute atomic E-state index is 0.0411. The summed E-state index contributed by atoms with van der Waals surface area (Å²) in [6, 6.07) is 3.04. The first-order valence-electron chi connectivity index (χ1n) is 11.9. The van der Waals surface area contributed by atoms with E-state index in [9.17, 15) is 26.4 Å². The van der Waals surface area contributed by atoms with Crippen LogP contribution in [-0.4, -0.2) is 49.3 Å². The fraction of sp³-hybridized carbons (Fsp3) is 0.591. The quantitative estimate of drug-likeness (QED) is 0.199. The van der Waals surface area contributed by atoms with Gasteiger partial charge in [-0.1, -0.05) is 38.0 Å². The molecule has 37 heavy (non-hydrogen) atoms. The molecule has 3 rings (SSSR count). The van der Waals surface area contributed by atoms with Gasteiger partial charge < -0.3 is 9.64 Å². The Hall–Kier alpha value is -2.81. The number of fused-ring (bicyclic) bond motifs is 1. The van der Waals surface area contributed by atoms with Gasteiger partial charge in [0.15, 0.2) is 0 Å². The summed E-state index contributed by atoms with van der Waals surface area (Å²) in [6.45, 7) is 6.84. The van der Waals surface area contributed by atoms with E-state index < -0.39 is 21.5 Å². The summed E-state index contributed by atoms with van der Waals surface area (Å²) in [5.74, 6) is -0.675. The lowest BCUT2D eigenvalue weighted by atomic mass is 9.95. The van der Waals surface area contributed by atoms with Crippen molar-refractivity contribution in [3.8, 4) is 0 Å². The van der Waals surface area contributed by atoms with Crippen LogP contribution in [0.25, 0.3) is 0 Å². The number of alkyl halides is 3. The van der Waals surface area contributed by atoms with E-state index in [0.717, 1.165) is 42.6 Å². The molecule has 1 N–H and O–H groups in total. The van der Waals surface area contributed by atoms with Gasteiger partial charge in [0.2, 0.25) is 5.01 Å². The highest BCUT2D eigenvalue weighted by Gasteiger charge is 2.46. The third-order valence-electron chi connectivity index (χ3n) is 5.69. The Bertz CT molecular complexity index is 1230. The molecule has 1 aromatic heterocycles. The maximum Gasteiger partial charge on any atom is 0.516 e. The number of rotatable bonds is 11. The SMILES string of the molecule is CCCCCN1c2cc(NS(=O)(=O)C(F)(F)F)c(N=Nc3nnc(C(=O)OCCC)s3)cc2CCC1C. The van der Waals surface area contributed by atoms with E-state index in [1.165, 1.54) is 12.1 Å². The van der Waals surface area contributed by atoms with Gasteiger partial charge in [-0.3, -0.25) is 4.72 Å². The van der Waals surface area contributed by atoms with Gasteiger partial charge in [0.05, 0.1) is 12.3 Å². The van der Waals surface area contributed by atoms with Crippen molar-refractivity contribution in [3.63, 3.8) is 0 Å². The summed E-state index contributed by atoms with van der Waals surface area (Å²) in [5, 5.41) is 15.2. The number of azo groups is 1. The van der Waals surface area contributed by atoms with Gasteiger partial charge in [-0.05, 0) is 50.3 Å². The number of ether oxygens (including phenoxy) is 1. The van der Waals surface area contributed by atoms with Gasteiger partial charge in [0, 0.05) is 18.3 Å². The number of anilines is 2. The zero-order chi connectivity index (χ0) is 27.2. The molecule has 15 heteroatoms. The zero-order valence-electron chi connectivity index (χ0n) is 20.7. The Labute approximate surface area is 217 Å². The molecular weight excluding hydrogens is 533 g/mol. The number of halogens is 3. The topological polar surface area (TPSA) is 126 Å². The molecule has 1 unspecified atom stereocenters. The molecule has 2 aromatic rings. The second-order valence-corrected chi connectivity index (χ2v) is 11.2. The van der Waals surface area contributed by atoms with Crippen molar-refractivity contribution < 1.29 is 31.1 Å². The van der Waals surface area contributed by atoms with Crippen molar-refractivity contribution in [2.75, 3.05) is 22.8 Å². The smallest absolute Gasteiger partial charge is 0.460 e. The molecule has 1 aliphatic heterocycles. The van der Waals surface area contributed by atoms with Crippen molar-refractivity contribution in [1.29, 1.82) is 0 Å². The predicted octanol–water partition coefficient (Wildman–Crippen LogP) is 6.11. The van der Waals surface area contributed by atoms with Crippen LogP contribution in [0.15, 0.2) is 22.4 Å². The van der Waals surface area contributed by atoms with Gasteiger partial charge in [0.1, 0.15) is 5.69 Å². The normalized spacial score (nSPS) is 16.2. The van der Waals surface area contributed by atoms with E-state index in [0.29, 0.717) is 25.1 Å². The molecule has 0 radical (unpaired) electrons. The Balaban J connectivity index is 1.98. The molecule has 2 heterocycles. The maximum atomic E-state index is 13.2. The number of nitrogens with one attached hydrogen (secondary N) is 1. The van der Waals surface area contributed by atoms with Crippen LogP contribution in [0, 0.1) is 0 Å². The van der Waals surface area contributed by atoms with E-state index in [1.54, 1.807) is 4.72 Å². The maximum absolute atomic E-state index is 13.2. The van der Waals surface area contributed by atoms with Crippen molar-refractivity contribution in [3.05, 3.63) is 22.7 Å². The highest BCUT2D eigenvalue weighted by molar-refractivity contribution is 7.93. The summed E-state index contributed by atoms with van der Waals surface area (Å²) >= 11 is 0.791. The molecule has 1 atom stereocenters. The zero-order valence-corrected chi connectivity index (χ0v) is 22.3. The number of carbonyl (C=O) groups excluding carboxylic acids is 1. The monoisotopic (exact) mass is 562 g/mol. The molecule has 0 fully saturated rings. The minimum Gasteiger partial charge on any atom is -0.460 e. The number of aromatic nitrogens is 2. The van der Waals surface area contributed by atoms with Crippen LogP contribution >= 0.6 is 11.3 Å². The summed E-state index contributed by atoms with van der Waals surface area (Å²) in [7, 11) is -5.71. The molecular formula is C22H29F3N6O4S2. The van der Waals surface area contributed by atoms with Gasteiger partial charge in [-0.2, -0.15) is 21.6 Å². The first-order valence-corrected chi connectivity index (χ1v) is 14.2. The van der Waals surface area contributed by atoms with Crippen LogP contribution in [0.4, 0.5) is 35.4 Å². The average molecular weight is 563 g/mol. The molecule has 1 aliphatic rings. The number of aryl methyl sites for hydroxylation is 1. The molecule has 10 nitrogen and oxygen atoms in total. The van der Waals surface area contributed by atoms with Gasteiger partial charge in [-0.25, -0.2) is 4.79 Å². The fourth-order valence-corrected chi connectivity index (χ4v) is 4.91. The van der Waals surface area contributed by atoms with Gasteiger partial charge in [-0.15, -0.1) is 20.4 Å². The highest BCUT2D eigenvalue weighted by atomic mass is 32.2. The largest absolute Gasteiger partial charge is 0.516 e. The van der Waals surface area contributed by atoms with E-state index in [1.807, 2.05) is 13.8 Å². The van der Waals surface area contributed by atoms with Crippen LogP contribution < -0.4 is 9.62 Å². The Morgan fingerprint density at radius 2 is 1.97 bits per heavy atom. The van der Waals surface area contributed by atoms with Crippen LogP contribution in [0.3, 0.4) is 0 Å². The van der Waals surface area contributed by atoms with E-state index >= 15 is 0 Å². The van der Waals surface area contributed by atoms with E-state index in [-0.39, 0.29) is 34.2 Å². The average Bonchev–Trinajstić information content (AvgIpc) is 3.31. The molecule has 0 aliphatic carbocycles. The summed E-state index contributed by atoms with van der Waals surface area (Å²) in [5.41, 5.74) is -4.51. The lowest BCUT2D eigenvalue weighted by Crippen LogP contribution is -2.38. The van der Waals surface area contributed by atoms with Crippen LogP contribution in [0.2, 0.25) is 0 Å². The fourth-order valence-electron chi connectivity index (χ4n) is 3.78. The molecule has 204 valence electrons. The second-order valence-electron chi connectivity index (χ2n) is 8.56. The standard InChI is InChI=1S/C22H29F3N6O4S2/c1-4-6-7-10-31-14(3)8-9-15-12-16(17(13-18(15)31)30-37(33,34)22(23,24)25)26-28-21-29-27-19(36-21)20(32)35-11-5-2/h12-14,30H,4-11H2,1-3H3. The summed E-state index contributed by atoms with van der Waals surface area (Å²) in [4.78, 5) is 14.0. The third kappa shape index (κ3) is 7.15. The van der Waals surface area contributed by atoms with Crippen LogP contribution in [0.5, 0.6) is 0 Å². The van der Waals surface area contributed by atoms with Crippen molar-refractivity contribution in [2.45, 2.75) is 70.8 Å². The minimum atomic E-state index is -5.71. The van der Waals surface area contributed by atoms with Crippen molar-refractivity contribution in [1.82, 2.24) is 10.2 Å². The number of sulfonamides is 1. The molecule has 0 saturated carbocycles. The first-order chi connectivity index (χ1) is 17.5. The molecule has 0 amide bonds. The summed E-state index contributed by atoms with van der Waals surface area (Å²) < 4.78 is 70.0. The number of esters is 1. The molecule has 0 spiro atoms. The van der Waals surface area contributed by atoms with E-state index in [2.05, 4.69) is 32.2 Å². The highest BCUT2D eigenvalue weighted by Crippen LogP contribution is 2.41. The van der Waals surface area contributed by atoms with Crippen LogP contribution in [0.1, 0.15) is 68.2 Å². The Morgan fingerprint density at radius 1 is 1.22 bits per heavy atom. The Kier molecular flexibility index (Phi) is 9.45. The lowest BCUT2D eigenvalue weighted by Gasteiger charge is -2.37. The van der Waals surface area contributed by atoms with Crippen molar-refractivity contribution >= 4 is 49.5 Å². The van der Waals surface area contributed by atoms with Gasteiger partial charge in [0.25, 0.3) is 5.13 Å². The van der Waals surface area contributed by atoms with Gasteiger partial charge >= 0.3 is 21.5 Å². The Morgan fingerprint density at radius 3 is 2.65 bits per heavy atom. The molecule has 1 aromatic carbocycles. The molecule has 0 saturated heterocycles. The number of nitrogens with zero attached hydrogens (tertiary/aromatic N) is 5. The third-order valence-corrected chi connectivity index (χ3v) is 7.58. The number of hydrogen-bond donors (Lipinski definition) is 1. The number of benzene rings is 1. The number of hydrogen-bond acceptors (Lipinski definition) is 10.